The molecule has 1 amide bonds. The van der Waals surface area contributed by atoms with Gasteiger partial charge in [-0.15, -0.1) is 10.2 Å². The molecule has 174 valence electrons. The minimum Gasteiger partial charge on any atom is -0.497 e. The van der Waals surface area contributed by atoms with Crippen molar-refractivity contribution in [3.63, 3.8) is 0 Å². The van der Waals surface area contributed by atoms with Crippen molar-refractivity contribution in [1.29, 1.82) is 0 Å². The van der Waals surface area contributed by atoms with E-state index in [-0.39, 0.29) is 5.91 Å². The standard InChI is InChI=1S/C25H29N3O2S3/c1-17(2)20-8-4-19(5-9-20)15-31-24-26-27-25(33-24)32-16-23(29)28(21-10-11-21)14-18-6-12-22(30-3)13-7-18/h4-9,12-13,17,21H,10-11,14-16H2,1-3H3. The normalized spacial score (nSPS) is 13.3. The topological polar surface area (TPSA) is 55.3 Å². The van der Waals surface area contributed by atoms with Crippen molar-refractivity contribution in [1.82, 2.24) is 15.1 Å². The minimum atomic E-state index is 0.160. The van der Waals surface area contributed by atoms with Crippen LogP contribution in [0.3, 0.4) is 0 Å². The van der Waals surface area contributed by atoms with Gasteiger partial charge in [0.25, 0.3) is 0 Å². The molecule has 5 nitrogen and oxygen atoms in total. The number of carbonyl (C=O) groups is 1. The molecule has 8 heteroatoms. The Morgan fingerprint density at radius 1 is 1.03 bits per heavy atom. The Morgan fingerprint density at radius 3 is 2.27 bits per heavy atom. The third-order valence-corrected chi connectivity index (χ3v) is 8.78. The Hall–Kier alpha value is -2.03. The van der Waals surface area contributed by atoms with Gasteiger partial charge in [-0.1, -0.05) is 85.1 Å². The number of methoxy groups -OCH3 is 1. The second kappa shape index (κ2) is 11.4. The van der Waals surface area contributed by atoms with E-state index in [1.165, 1.54) is 22.9 Å². The first-order chi connectivity index (χ1) is 16.0. The lowest BCUT2D eigenvalue weighted by Gasteiger charge is -2.22. The summed E-state index contributed by atoms with van der Waals surface area (Å²) < 4.78 is 7.02. The third-order valence-electron chi connectivity index (χ3n) is 5.54. The van der Waals surface area contributed by atoms with Crippen LogP contribution in [0.4, 0.5) is 0 Å². The van der Waals surface area contributed by atoms with Gasteiger partial charge in [-0.25, -0.2) is 0 Å². The van der Waals surface area contributed by atoms with Gasteiger partial charge >= 0.3 is 0 Å². The molecule has 33 heavy (non-hydrogen) atoms. The average Bonchev–Trinajstić information content (AvgIpc) is 3.58. The summed E-state index contributed by atoms with van der Waals surface area (Å²) in [5.74, 6) is 2.80. The number of carbonyl (C=O) groups excluding carboxylic acids is 1. The molecule has 1 saturated carbocycles. The highest BCUT2D eigenvalue weighted by atomic mass is 32.2. The van der Waals surface area contributed by atoms with Crippen LogP contribution in [0.5, 0.6) is 5.75 Å². The van der Waals surface area contributed by atoms with Crippen molar-refractivity contribution < 1.29 is 9.53 Å². The number of aromatic nitrogens is 2. The quantitative estimate of drug-likeness (QED) is 0.291. The summed E-state index contributed by atoms with van der Waals surface area (Å²) in [6.45, 7) is 5.05. The largest absolute Gasteiger partial charge is 0.497 e. The average molecular weight is 500 g/mol. The monoisotopic (exact) mass is 499 g/mol. The van der Waals surface area contributed by atoms with Crippen molar-refractivity contribution in [3.05, 3.63) is 65.2 Å². The van der Waals surface area contributed by atoms with E-state index >= 15 is 0 Å². The molecule has 1 aromatic heterocycles. The van der Waals surface area contributed by atoms with Crippen LogP contribution < -0.4 is 4.74 Å². The maximum absolute atomic E-state index is 12.9. The highest BCUT2D eigenvalue weighted by molar-refractivity contribution is 8.03. The molecule has 0 aliphatic heterocycles. The van der Waals surface area contributed by atoms with Crippen molar-refractivity contribution in [2.75, 3.05) is 12.9 Å². The predicted octanol–water partition coefficient (Wildman–Crippen LogP) is 6.25. The number of rotatable bonds is 11. The number of thioether (sulfide) groups is 2. The van der Waals surface area contributed by atoms with Gasteiger partial charge in [0, 0.05) is 18.3 Å². The smallest absolute Gasteiger partial charge is 0.233 e. The van der Waals surface area contributed by atoms with E-state index in [1.807, 2.05) is 29.2 Å². The summed E-state index contributed by atoms with van der Waals surface area (Å²) in [5, 5.41) is 8.59. The van der Waals surface area contributed by atoms with Gasteiger partial charge in [-0.2, -0.15) is 0 Å². The van der Waals surface area contributed by atoms with E-state index in [0.717, 1.165) is 38.6 Å². The van der Waals surface area contributed by atoms with Gasteiger partial charge in [0.05, 0.1) is 12.9 Å². The fourth-order valence-corrected chi connectivity index (χ4v) is 6.26. The SMILES string of the molecule is COc1ccc(CN(C(=O)CSc2nnc(SCc3ccc(C(C)C)cc3)s2)C2CC2)cc1. The molecule has 0 atom stereocenters. The number of benzene rings is 2. The van der Waals surface area contributed by atoms with Crippen LogP contribution in [0.1, 0.15) is 49.3 Å². The van der Waals surface area contributed by atoms with E-state index in [4.69, 9.17) is 4.74 Å². The Morgan fingerprint density at radius 2 is 1.67 bits per heavy atom. The van der Waals surface area contributed by atoms with E-state index in [9.17, 15) is 4.79 Å². The van der Waals surface area contributed by atoms with Crippen molar-refractivity contribution in [2.24, 2.45) is 0 Å². The van der Waals surface area contributed by atoms with E-state index in [2.05, 4.69) is 48.3 Å². The first-order valence-corrected chi connectivity index (χ1v) is 13.9. The van der Waals surface area contributed by atoms with Crippen LogP contribution in [-0.4, -0.2) is 39.9 Å². The first kappa shape index (κ1) is 24.1. The lowest BCUT2D eigenvalue weighted by atomic mass is 10.0. The predicted molar refractivity (Wildman–Crippen MR) is 137 cm³/mol. The summed E-state index contributed by atoms with van der Waals surface area (Å²) in [7, 11) is 1.66. The molecule has 0 unspecified atom stereocenters. The van der Waals surface area contributed by atoms with Gasteiger partial charge in [-0.3, -0.25) is 4.79 Å². The van der Waals surface area contributed by atoms with Crippen LogP contribution in [0, 0.1) is 0 Å². The van der Waals surface area contributed by atoms with Crippen molar-refractivity contribution >= 4 is 40.8 Å². The molecule has 1 aliphatic rings. The third kappa shape index (κ3) is 6.98. The molecular weight excluding hydrogens is 470 g/mol. The zero-order chi connectivity index (χ0) is 23.2. The molecule has 3 aromatic rings. The fraction of sp³-hybridized carbons (Fsp3) is 0.400. The lowest BCUT2D eigenvalue weighted by Crippen LogP contribution is -2.33. The Kier molecular flexibility index (Phi) is 8.33. The molecule has 0 spiro atoms. The molecule has 1 aliphatic carbocycles. The van der Waals surface area contributed by atoms with E-state index in [0.29, 0.717) is 24.3 Å². The lowest BCUT2D eigenvalue weighted by molar-refractivity contribution is -0.129. The van der Waals surface area contributed by atoms with Crippen molar-refractivity contribution in [3.8, 4) is 5.75 Å². The van der Waals surface area contributed by atoms with E-state index < -0.39 is 0 Å². The van der Waals surface area contributed by atoms with Gasteiger partial charge in [0.2, 0.25) is 5.91 Å². The van der Waals surface area contributed by atoms with Crippen LogP contribution >= 0.6 is 34.9 Å². The molecule has 0 bridgehead atoms. The van der Waals surface area contributed by atoms with Gasteiger partial charge in [0.1, 0.15) is 5.75 Å². The summed E-state index contributed by atoms with van der Waals surface area (Å²) in [5.41, 5.74) is 3.76. The van der Waals surface area contributed by atoms with Crippen LogP contribution in [0.15, 0.2) is 57.2 Å². The zero-order valence-electron chi connectivity index (χ0n) is 19.2. The van der Waals surface area contributed by atoms with Gasteiger partial charge in [-0.05, 0) is 47.6 Å². The number of amides is 1. The Bertz CT molecular complexity index is 1050. The summed E-state index contributed by atoms with van der Waals surface area (Å²) in [6.07, 6.45) is 2.18. The van der Waals surface area contributed by atoms with Gasteiger partial charge in [0.15, 0.2) is 8.68 Å². The summed E-state index contributed by atoms with van der Waals surface area (Å²) in [4.78, 5) is 15.0. The molecule has 0 radical (unpaired) electrons. The maximum Gasteiger partial charge on any atom is 0.233 e. The molecular formula is C25H29N3O2S3. The zero-order valence-corrected chi connectivity index (χ0v) is 21.6. The number of hydrogen-bond donors (Lipinski definition) is 0. The number of nitrogens with zero attached hydrogens (tertiary/aromatic N) is 3. The minimum absolute atomic E-state index is 0.160. The number of hydrogen-bond acceptors (Lipinski definition) is 7. The first-order valence-electron chi connectivity index (χ1n) is 11.1. The summed E-state index contributed by atoms with van der Waals surface area (Å²) in [6, 6.07) is 17.1. The molecule has 4 rings (SSSR count). The maximum atomic E-state index is 12.9. The summed E-state index contributed by atoms with van der Waals surface area (Å²) >= 11 is 4.75. The van der Waals surface area contributed by atoms with Crippen LogP contribution in [-0.2, 0) is 17.1 Å². The molecule has 2 aromatic carbocycles. The second-order valence-corrected chi connectivity index (χ2v) is 11.8. The Balaban J connectivity index is 1.27. The molecule has 1 heterocycles. The van der Waals surface area contributed by atoms with E-state index in [1.54, 1.807) is 30.2 Å². The van der Waals surface area contributed by atoms with Crippen LogP contribution in [0.2, 0.25) is 0 Å². The second-order valence-electron chi connectivity index (χ2n) is 8.41. The Labute approximate surface area is 208 Å². The fourth-order valence-electron chi connectivity index (χ4n) is 3.40. The number of ether oxygens (including phenoxy) is 1. The van der Waals surface area contributed by atoms with Crippen LogP contribution in [0.25, 0.3) is 0 Å². The molecule has 1 fully saturated rings. The highest BCUT2D eigenvalue weighted by Crippen LogP contribution is 2.33. The molecule has 0 saturated heterocycles. The van der Waals surface area contributed by atoms with Gasteiger partial charge < -0.3 is 9.64 Å². The van der Waals surface area contributed by atoms with Crippen molar-refractivity contribution in [2.45, 2.75) is 59.6 Å². The molecule has 0 N–H and O–H groups in total. The highest BCUT2D eigenvalue weighted by Gasteiger charge is 2.32.